The number of benzene rings is 1. The van der Waals surface area contributed by atoms with Gasteiger partial charge in [0.15, 0.2) is 0 Å². The molecular weight excluding hydrogens is 279 g/mol. The summed E-state index contributed by atoms with van der Waals surface area (Å²) in [5.74, 6) is 0.682. The maximum atomic E-state index is 9.85. The normalized spacial score (nSPS) is 12.7. The van der Waals surface area contributed by atoms with E-state index < -0.39 is 6.10 Å². The molecule has 1 N–H and O–H groups in total. The molecule has 0 saturated heterocycles. The molecule has 1 aromatic carbocycles. The van der Waals surface area contributed by atoms with Crippen LogP contribution in [0.5, 0.6) is 5.75 Å². The first-order valence-electron chi connectivity index (χ1n) is 4.60. The molecule has 0 spiro atoms. The molecule has 0 fully saturated rings. The monoisotopic (exact) mass is 292 g/mol. The van der Waals surface area contributed by atoms with Gasteiger partial charge in [0.2, 0.25) is 0 Å². The van der Waals surface area contributed by atoms with Crippen LogP contribution in [0.3, 0.4) is 0 Å². The van der Waals surface area contributed by atoms with E-state index in [1.807, 2.05) is 19.9 Å². The van der Waals surface area contributed by atoms with Crippen LogP contribution in [0.25, 0.3) is 0 Å². The summed E-state index contributed by atoms with van der Waals surface area (Å²) >= 11 is 9.37. The standard InChI is InChI=1S/C11H14BrClO2/c1-6-4-9(15-3)10(8(14)5-12)7(2)11(6)13/h4,8,14H,5H2,1-3H3. The van der Waals surface area contributed by atoms with Gasteiger partial charge in [-0.05, 0) is 31.0 Å². The molecule has 0 aliphatic heterocycles. The fourth-order valence-electron chi connectivity index (χ4n) is 1.60. The molecule has 1 atom stereocenters. The SMILES string of the molecule is COc1cc(C)c(Cl)c(C)c1C(O)CBr. The van der Waals surface area contributed by atoms with Crippen LogP contribution >= 0.6 is 27.5 Å². The molecule has 1 unspecified atom stereocenters. The van der Waals surface area contributed by atoms with E-state index in [0.29, 0.717) is 16.1 Å². The van der Waals surface area contributed by atoms with Crippen molar-refractivity contribution in [3.05, 3.63) is 27.8 Å². The molecule has 0 aliphatic rings. The highest BCUT2D eigenvalue weighted by Crippen LogP contribution is 2.36. The van der Waals surface area contributed by atoms with Crippen molar-refractivity contribution in [1.82, 2.24) is 0 Å². The van der Waals surface area contributed by atoms with Crippen LogP contribution in [0, 0.1) is 13.8 Å². The minimum atomic E-state index is -0.599. The topological polar surface area (TPSA) is 29.5 Å². The minimum Gasteiger partial charge on any atom is -0.496 e. The van der Waals surface area contributed by atoms with Crippen molar-refractivity contribution in [1.29, 1.82) is 0 Å². The summed E-state index contributed by atoms with van der Waals surface area (Å²) in [6.45, 7) is 3.81. The highest BCUT2D eigenvalue weighted by molar-refractivity contribution is 9.09. The van der Waals surface area contributed by atoms with Gasteiger partial charge in [0.05, 0.1) is 13.2 Å². The summed E-state index contributed by atoms with van der Waals surface area (Å²) in [5, 5.41) is 11.0. The number of methoxy groups -OCH3 is 1. The molecule has 0 bridgehead atoms. The third-order valence-electron chi connectivity index (χ3n) is 2.39. The average Bonchev–Trinajstić information content (AvgIpc) is 2.24. The summed E-state index contributed by atoms with van der Waals surface area (Å²) in [4.78, 5) is 0. The molecule has 1 aromatic rings. The molecule has 0 aliphatic carbocycles. The zero-order valence-corrected chi connectivity index (χ0v) is 11.3. The van der Waals surface area contributed by atoms with E-state index in [1.54, 1.807) is 7.11 Å². The number of hydrogen-bond acceptors (Lipinski definition) is 2. The van der Waals surface area contributed by atoms with E-state index in [-0.39, 0.29) is 0 Å². The first-order chi connectivity index (χ1) is 7.02. The number of hydrogen-bond donors (Lipinski definition) is 1. The fourth-order valence-corrected chi connectivity index (χ4v) is 2.08. The van der Waals surface area contributed by atoms with Gasteiger partial charge in [-0.3, -0.25) is 0 Å². The minimum absolute atomic E-state index is 0.462. The van der Waals surface area contributed by atoms with Gasteiger partial charge in [0, 0.05) is 15.9 Å². The molecule has 0 heterocycles. The lowest BCUT2D eigenvalue weighted by molar-refractivity contribution is 0.199. The molecule has 15 heavy (non-hydrogen) atoms. The highest BCUT2D eigenvalue weighted by atomic mass is 79.9. The highest BCUT2D eigenvalue weighted by Gasteiger charge is 2.18. The van der Waals surface area contributed by atoms with Gasteiger partial charge in [-0.15, -0.1) is 0 Å². The molecular formula is C11H14BrClO2. The molecule has 0 radical (unpaired) electrons. The Hall–Kier alpha value is -0.250. The van der Waals surface area contributed by atoms with Crippen molar-refractivity contribution in [2.24, 2.45) is 0 Å². The van der Waals surface area contributed by atoms with Crippen molar-refractivity contribution in [2.45, 2.75) is 20.0 Å². The number of aryl methyl sites for hydroxylation is 1. The maximum Gasteiger partial charge on any atom is 0.125 e. The van der Waals surface area contributed by atoms with Crippen LogP contribution in [0.15, 0.2) is 6.07 Å². The van der Waals surface area contributed by atoms with Crippen LogP contribution in [-0.2, 0) is 0 Å². The zero-order valence-electron chi connectivity index (χ0n) is 8.97. The number of halogens is 2. The predicted molar refractivity (Wildman–Crippen MR) is 66.2 cm³/mol. The van der Waals surface area contributed by atoms with E-state index in [1.165, 1.54) is 0 Å². The summed E-state index contributed by atoms with van der Waals surface area (Å²) in [6.07, 6.45) is -0.599. The van der Waals surface area contributed by atoms with E-state index >= 15 is 0 Å². The second kappa shape index (κ2) is 5.19. The van der Waals surface area contributed by atoms with Crippen LogP contribution in [-0.4, -0.2) is 17.5 Å². The van der Waals surface area contributed by atoms with Gasteiger partial charge in [-0.1, -0.05) is 27.5 Å². The summed E-state index contributed by atoms with van der Waals surface area (Å²) < 4.78 is 5.25. The fraction of sp³-hybridized carbons (Fsp3) is 0.455. The Bertz CT molecular complexity index is 366. The Morgan fingerprint density at radius 3 is 2.60 bits per heavy atom. The lowest BCUT2D eigenvalue weighted by atomic mass is 10.0. The lowest BCUT2D eigenvalue weighted by Crippen LogP contribution is -2.05. The number of rotatable bonds is 3. The second-order valence-corrected chi connectivity index (χ2v) is 4.44. The smallest absolute Gasteiger partial charge is 0.125 e. The number of ether oxygens (including phenoxy) is 1. The first-order valence-corrected chi connectivity index (χ1v) is 6.10. The van der Waals surface area contributed by atoms with E-state index in [9.17, 15) is 5.11 Å². The van der Waals surface area contributed by atoms with Crippen molar-refractivity contribution >= 4 is 27.5 Å². The zero-order chi connectivity index (χ0) is 11.6. The van der Waals surface area contributed by atoms with Gasteiger partial charge in [-0.2, -0.15) is 0 Å². The number of alkyl halides is 1. The third-order valence-corrected chi connectivity index (χ3v) is 3.59. The molecule has 84 valence electrons. The van der Waals surface area contributed by atoms with Gasteiger partial charge >= 0.3 is 0 Å². The molecule has 0 aromatic heterocycles. The van der Waals surface area contributed by atoms with Crippen LogP contribution in [0.1, 0.15) is 22.8 Å². The number of aliphatic hydroxyl groups excluding tert-OH is 1. The molecule has 0 amide bonds. The lowest BCUT2D eigenvalue weighted by Gasteiger charge is -2.18. The summed E-state index contributed by atoms with van der Waals surface area (Å²) in [7, 11) is 1.59. The largest absolute Gasteiger partial charge is 0.496 e. The van der Waals surface area contributed by atoms with E-state index in [2.05, 4.69) is 15.9 Å². The van der Waals surface area contributed by atoms with Crippen molar-refractivity contribution in [3.8, 4) is 5.75 Å². The van der Waals surface area contributed by atoms with Crippen molar-refractivity contribution in [2.75, 3.05) is 12.4 Å². The Balaban J connectivity index is 3.40. The van der Waals surface area contributed by atoms with Crippen LogP contribution < -0.4 is 4.74 Å². The maximum absolute atomic E-state index is 9.85. The number of aliphatic hydroxyl groups is 1. The van der Waals surface area contributed by atoms with Crippen LogP contribution in [0.4, 0.5) is 0 Å². The Labute approximate surface area is 103 Å². The quantitative estimate of drug-likeness (QED) is 0.866. The van der Waals surface area contributed by atoms with Gasteiger partial charge in [-0.25, -0.2) is 0 Å². The van der Waals surface area contributed by atoms with E-state index in [4.69, 9.17) is 16.3 Å². The molecule has 0 saturated carbocycles. The van der Waals surface area contributed by atoms with Gasteiger partial charge < -0.3 is 9.84 Å². The second-order valence-electron chi connectivity index (χ2n) is 3.42. The Kier molecular flexibility index (Phi) is 4.44. The molecule has 1 rings (SSSR count). The van der Waals surface area contributed by atoms with E-state index in [0.717, 1.165) is 16.7 Å². The summed E-state index contributed by atoms with van der Waals surface area (Å²) in [5.41, 5.74) is 2.59. The summed E-state index contributed by atoms with van der Waals surface area (Å²) in [6, 6.07) is 1.84. The van der Waals surface area contributed by atoms with Crippen molar-refractivity contribution in [3.63, 3.8) is 0 Å². The van der Waals surface area contributed by atoms with Gasteiger partial charge in [0.25, 0.3) is 0 Å². The molecule has 2 nitrogen and oxygen atoms in total. The van der Waals surface area contributed by atoms with Gasteiger partial charge in [0.1, 0.15) is 5.75 Å². The predicted octanol–water partition coefficient (Wildman–Crippen LogP) is 3.39. The first kappa shape index (κ1) is 12.8. The Morgan fingerprint density at radius 2 is 2.13 bits per heavy atom. The average molecular weight is 294 g/mol. The third kappa shape index (κ3) is 2.47. The van der Waals surface area contributed by atoms with Crippen molar-refractivity contribution < 1.29 is 9.84 Å². The van der Waals surface area contributed by atoms with Crippen LogP contribution in [0.2, 0.25) is 5.02 Å². The molecule has 4 heteroatoms. The Morgan fingerprint density at radius 1 is 1.53 bits per heavy atom.